The average Bonchev–Trinajstić information content (AvgIpc) is 2.45. The second kappa shape index (κ2) is 5.19. The molecule has 1 unspecified atom stereocenters. The maximum absolute atomic E-state index is 3.81. The molecule has 2 aliphatic carbocycles. The Kier molecular flexibility index (Phi) is 3.56. The molecule has 0 aromatic heterocycles. The fourth-order valence-electron chi connectivity index (χ4n) is 3.94. The van der Waals surface area contributed by atoms with E-state index in [-0.39, 0.29) is 0 Å². The first-order valence-electron chi connectivity index (χ1n) is 8.06. The second-order valence-corrected chi connectivity index (χ2v) is 6.94. The Morgan fingerprint density at radius 3 is 2.21 bits per heavy atom. The molecule has 3 rings (SSSR count). The van der Waals surface area contributed by atoms with E-state index < -0.39 is 0 Å². The van der Waals surface area contributed by atoms with E-state index in [0.717, 1.165) is 6.04 Å². The molecule has 1 nitrogen and oxygen atoms in total. The lowest BCUT2D eigenvalue weighted by Gasteiger charge is -2.52. The van der Waals surface area contributed by atoms with Gasteiger partial charge < -0.3 is 5.32 Å². The third kappa shape index (κ3) is 2.52. The van der Waals surface area contributed by atoms with Crippen LogP contribution >= 0.6 is 0 Å². The summed E-state index contributed by atoms with van der Waals surface area (Å²) in [7, 11) is 0. The molecule has 0 radical (unpaired) electrons. The van der Waals surface area contributed by atoms with E-state index in [1.54, 1.807) is 0 Å². The van der Waals surface area contributed by atoms with E-state index in [9.17, 15) is 0 Å². The summed E-state index contributed by atoms with van der Waals surface area (Å²) in [5, 5.41) is 3.81. The largest absolute Gasteiger partial charge is 0.382 e. The molecule has 2 fully saturated rings. The molecule has 1 heteroatoms. The van der Waals surface area contributed by atoms with Gasteiger partial charge in [0.2, 0.25) is 0 Å². The maximum atomic E-state index is 3.81. The van der Waals surface area contributed by atoms with Crippen molar-refractivity contribution >= 4 is 5.69 Å². The van der Waals surface area contributed by atoms with Gasteiger partial charge in [0.05, 0.1) is 0 Å². The fourth-order valence-corrected chi connectivity index (χ4v) is 3.94. The molecule has 2 saturated carbocycles. The molecule has 0 bridgehead atoms. The molecule has 0 heterocycles. The normalized spacial score (nSPS) is 25.3. The van der Waals surface area contributed by atoms with Crippen LogP contribution in [0.4, 0.5) is 5.69 Å². The van der Waals surface area contributed by atoms with E-state index in [1.165, 1.54) is 56.2 Å². The predicted molar refractivity (Wildman–Crippen MR) is 82.7 cm³/mol. The Balaban J connectivity index is 1.65. The van der Waals surface area contributed by atoms with Gasteiger partial charge in [0.25, 0.3) is 0 Å². The maximum Gasteiger partial charge on any atom is 0.0342 e. The van der Waals surface area contributed by atoms with Crippen molar-refractivity contribution < 1.29 is 0 Å². The first-order valence-corrected chi connectivity index (χ1v) is 8.06. The lowest BCUT2D eigenvalue weighted by molar-refractivity contribution is 0.0571. The van der Waals surface area contributed by atoms with Crippen molar-refractivity contribution in [2.45, 2.75) is 70.8 Å². The number of nitrogens with one attached hydrogen (secondary N) is 1. The second-order valence-electron chi connectivity index (χ2n) is 6.94. The van der Waals surface area contributed by atoms with E-state index in [1.807, 2.05) is 0 Å². The van der Waals surface area contributed by atoms with Crippen molar-refractivity contribution in [1.82, 2.24) is 0 Å². The molecule has 0 saturated heterocycles. The Hall–Kier alpha value is -0.980. The summed E-state index contributed by atoms with van der Waals surface area (Å²) < 4.78 is 0. The molecule has 1 atom stereocenters. The summed E-state index contributed by atoms with van der Waals surface area (Å²) in [6, 6.07) is 9.82. The van der Waals surface area contributed by atoms with Gasteiger partial charge in [0.15, 0.2) is 0 Å². The van der Waals surface area contributed by atoms with E-state index in [0.29, 0.717) is 11.3 Å². The van der Waals surface area contributed by atoms with Crippen molar-refractivity contribution in [2.24, 2.45) is 5.41 Å². The monoisotopic (exact) mass is 257 g/mol. The van der Waals surface area contributed by atoms with E-state index in [4.69, 9.17) is 0 Å². The molecule has 19 heavy (non-hydrogen) atoms. The average molecular weight is 257 g/mol. The van der Waals surface area contributed by atoms with Crippen molar-refractivity contribution in [2.75, 3.05) is 5.32 Å². The van der Waals surface area contributed by atoms with Crippen molar-refractivity contribution in [3.8, 4) is 0 Å². The summed E-state index contributed by atoms with van der Waals surface area (Å²) in [4.78, 5) is 0. The van der Waals surface area contributed by atoms with Gasteiger partial charge in [-0.2, -0.15) is 0 Å². The zero-order chi connectivity index (χ0) is 13.3. The van der Waals surface area contributed by atoms with Gasteiger partial charge in [-0.05, 0) is 54.7 Å². The van der Waals surface area contributed by atoms with Crippen LogP contribution in [-0.4, -0.2) is 6.04 Å². The van der Waals surface area contributed by atoms with Gasteiger partial charge in [0.1, 0.15) is 0 Å². The highest BCUT2D eigenvalue weighted by Gasteiger charge is 2.46. The molecule has 0 aliphatic heterocycles. The topological polar surface area (TPSA) is 12.0 Å². The van der Waals surface area contributed by atoms with Gasteiger partial charge in [-0.1, -0.05) is 45.2 Å². The zero-order valence-corrected chi connectivity index (χ0v) is 12.4. The molecule has 1 aromatic carbocycles. The Morgan fingerprint density at radius 2 is 1.68 bits per heavy atom. The van der Waals surface area contributed by atoms with Crippen molar-refractivity contribution in [3.05, 3.63) is 29.8 Å². The fraction of sp³-hybridized carbons (Fsp3) is 0.667. The molecule has 104 valence electrons. The Bertz CT molecular complexity index is 412. The first kappa shape index (κ1) is 13.0. The summed E-state index contributed by atoms with van der Waals surface area (Å²) in [5.74, 6) is 0.627. The predicted octanol–water partition coefficient (Wildman–Crippen LogP) is 5.33. The summed E-state index contributed by atoms with van der Waals surface area (Å²) in [6.07, 6.45) is 10.1. The summed E-state index contributed by atoms with van der Waals surface area (Å²) in [6.45, 7) is 4.51. The van der Waals surface area contributed by atoms with Gasteiger partial charge >= 0.3 is 0 Å². The van der Waals surface area contributed by atoms with E-state index >= 15 is 0 Å². The number of benzene rings is 1. The molecule has 2 aliphatic rings. The van der Waals surface area contributed by atoms with Crippen LogP contribution in [0.25, 0.3) is 0 Å². The van der Waals surface area contributed by atoms with Crippen LogP contribution in [0.1, 0.15) is 70.3 Å². The van der Waals surface area contributed by atoms with Gasteiger partial charge in [-0.25, -0.2) is 0 Å². The molecule has 0 amide bonds. The third-order valence-electron chi connectivity index (χ3n) is 5.44. The standard InChI is InChI=1S/C18H27N/c1-14(2)15-6-8-16(9-7-15)19-17-10-13-18(17)11-4-3-5-12-18/h6-9,14,17,19H,3-5,10-13H2,1-2H3. The summed E-state index contributed by atoms with van der Waals surface area (Å²) >= 11 is 0. The molecule has 1 aromatic rings. The number of hydrogen-bond acceptors (Lipinski definition) is 1. The van der Waals surface area contributed by atoms with Crippen LogP contribution in [0, 0.1) is 5.41 Å². The number of anilines is 1. The van der Waals surface area contributed by atoms with Crippen molar-refractivity contribution in [1.29, 1.82) is 0 Å². The van der Waals surface area contributed by atoms with Crippen LogP contribution in [-0.2, 0) is 0 Å². The Morgan fingerprint density at radius 1 is 1.00 bits per heavy atom. The van der Waals surface area contributed by atoms with Crippen LogP contribution in [0.3, 0.4) is 0 Å². The minimum Gasteiger partial charge on any atom is -0.382 e. The highest BCUT2D eigenvalue weighted by atomic mass is 15.0. The lowest BCUT2D eigenvalue weighted by Crippen LogP contribution is -2.50. The highest BCUT2D eigenvalue weighted by Crippen LogP contribution is 2.52. The molecule has 1 N–H and O–H groups in total. The molecular formula is C18H27N. The van der Waals surface area contributed by atoms with Crippen LogP contribution in [0.2, 0.25) is 0 Å². The van der Waals surface area contributed by atoms with Crippen LogP contribution < -0.4 is 5.32 Å². The van der Waals surface area contributed by atoms with Crippen LogP contribution in [0.15, 0.2) is 24.3 Å². The zero-order valence-electron chi connectivity index (χ0n) is 12.4. The highest BCUT2D eigenvalue weighted by molar-refractivity contribution is 5.47. The van der Waals surface area contributed by atoms with E-state index in [2.05, 4.69) is 43.4 Å². The Labute approximate surface area is 117 Å². The quantitative estimate of drug-likeness (QED) is 0.771. The summed E-state index contributed by atoms with van der Waals surface area (Å²) in [5.41, 5.74) is 3.40. The molecule has 1 spiro atoms. The lowest BCUT2D eigenvalue weighted by atomic mass is 9.57. The van der Waals surface area contributed by atoms with Gasteiger partial charge in [0, 0.05) is 11.7 Å². The molecular weight excluding hydrogens is 230 g/mol. The van der Waals surface area contributed by atoms with Gasteiger partial charge in [-0.3, -0.25) is 0 Å². The first-order chi connectivity index (χ1) is 9.20. The van der Waals surface area contributed by atoms with Crippen molar-refractivity contribution in [3.63, 3.8) is 0 Å². The minimum atomic E-state index is 0.627. The SMILES string of the molecule is CC(C)c1ccc(NC2CCC23CCCCC3)cc1. The van der Waals surface area contributed by atoms with Gasteiger partial charge in [-0.15, -0.1) is 0 Å². The third-order valence-corrected chi connectivity index (χ3v) is 5.44. The minimum absolute atomic E-state index is 0.627. The smallest absolute Gasteiger partial charge is 0.0342 e. The number of rotatable bonds is 3. The van der Waals surface area contributed by atoms with Crippen LogP contribution in [0.5, 0.6) is 0 Å². The number of hydrogen-bond donors (Lipinski definition) is 1.